The van der Waals surface area contributed by atoms with E-state index in [0.29, 0.717) is 19.7 Å². The average Bonchev–Trinajstić information content (AvgIpc) is 3.24. The molecule has 27 heavy (non-hydrogen) atoms. The minimum Gasteiger partial charge on any atom is -0.466 e. The van der Waals surface area contributed by atoms with Gasteiger partial charge in [-0.05, 0) is 43.5 Å². The molecule has 1 aliphatic rings. The van der Waals surface area contributed by atoms with Crippen molar-refractivity contribution in [3.63, 3.8) is 0 Å². The van der Waals surface area contributed by atoms with Crippen molar-refractivity contribution in [2.24, 2.45) is 10.9 Å². The molecule has 0 saturated carbocycles. The van der Waals surface area contributed by atoms with Crippen molar-refractivity contribution in [3.8, 4) is 5.69 Å². The predicted octanol–water partition coefficient (Wildman–Crippen LogP) is 2.22. The van der Waals surface area contributed by atoms with Crippen LogP contribution in [0.3, 0.4) is 0 Å². The van der Waals surface area contributed by atoms with Crippen LogP contribution in [0.4, 0.5) is 0 Å². The van der Waals surface area contributed by atoms with Crippen LogP contribution in [0.5, 0.6) is 0 Å². The summed E-state index contributed by atoms with van der Waals surface area (Å²) in [6, 6.07) is 10.1. The quantitative estimate of drug-likeness (QED) is 0.497. The summed E-state index contributed by atoms with van der Waals surface area (Å²) in [6.45, 7) is 4.46. The van der Waals surface area contributed by atoms with E-state index in [2.05, 4.69) is 32.4 Å². The molecular weight excluding hydrogens is 342 g/mol. The van der Waals surface area contributed by atoms with E-state index in [4.69, 9.17) is 4.74 Å². The zero-order valence-electron chi connectivity index (χ0n) is 16.0. The average molecular weight is 369 g/mol. The van der Waals surface area contributed by atoms with E-state index >= 15 is 0 Å². The third-order valence-corrected chi connectivity index (χ3v) is 4.68. The minimum absolute atomic E-state index is 0.0830. The van der Waals surface area contributed by atoms with Crippen molar-refractivity contribution in [1.82, 2.24) is 20.0 Å². The van der Waals surface area contributed by atoms with Crippen LogP contribution in [0.25, 0.3) is 5.69 Å². The zero-order valence-corrected chi connectivity index (χ0v) is 16.0. The fourth-order valence-electron chi connectivity index (χ4n) is 3.37. The van der Waals surface area contributed by atoms with E-state index in [1.807, 2.05) is 36.0 Å². The van der Waals surface area contributed by atoms with E-state index in [0.717, 1.165) is 36.6 Å². The highest BCUT2D eigenvalue weighted by molar-refractivity contribution is 5.81. The number of ether oxygens (including phenoxy) is 1. The Morgan fingerprint density at radius 3 is 3.04 bits per heavy atom. The fraction of sp³-hybridized carbons (Fsp3) is 0.450. The van der Waals surface area contributed by atoms with Crippen molar-refractivity contribution in [1.29, 1.82) is 0 Å². The van der Waals surface area contributed by atoms with Crippen LogP contribution in [-0.4, -0.2) is 53.4 Å². The fourth-order valence-corrected chi connectivity index (χ4v) is 3.37. The molecule has 0 amide bonds. The molecule has 1 fully saturated rings. The van der Waals surface area contributed by atoms with Gasteiger partial charge in [0, 0.05) is 39.1 Å². The normalized spacial score (nSPS) is 17.6. The first-order valence-electron chi connectivity index (χ1n) is 9.42. The summed E-state index contributed by atoms with van der Waals surface area (Å²) >= 11 is 0. The lowest BCUT2D eigenvalue weighted by molar-refractivity contribution is -0.149. The lowest BCUT2D eigenvalue weighted by atomic mass is 9.98. The molecule has 1 unspecified atom stereocenters. The molecule has 1 aromatic heterocycles. The predicted molar refractivity (Wildman–Crippen MR) is 105 cm³/mol. The van der Waals surface area contributed by atoms with Crippen molar-refractivity contribution < 1.29 is 9.53 Å². The van der Waals surface area contributed by atoms with Crippen LogP contribution in [-0.2, 0) is 16.1 Å². The summed E-state index contributed by atoms with van der Waals surface area (Å²) in [5.41, 5.74) is 2.16. The molecule has 7 heteroatoms. The molecule has 144 valence electrons. The monoisotopic (exact) mass is 369 g/mol. The number of piperidine rings is 1. The number of hydrogen-bond donors (Lipinski definition) is 1. The first-order valence-corrected chi connectivity index (χ1v) is 9.42. The highest BCUT2D eigenvalue weighted by Gasteiger charge is 2.28. The molecule has 3 rings (SSSR count). The molecule has 1 saturated heterocycles. The van der Waals surface area contributed by atoms with Crippen molar-refractivity contribution in [3.05, 3.63) is 48.3 Å². The molecular formula is C20H27N5O2. The molecule has 0 aliphatic carbocycles. The molecule has 2 aromatic rings. The Balaban J connectivity index is 1.61. The number of guanidine groups is 1. The number of nitrogens with zero attached hydrogens (tertiary/aromatic N) is 4. The summed E-state index contributed by atoms with van der Waals surface area (Å²) in [7, 11) is 1.77. The van der Waals surface area contributed by atoms with Gasteiger partial charge in [0.25, 0.3) is 0 Å². The van der Waals surface area contributed by atoms with Crippen molar-refractivity contribution >= 4 is 11.9 Å². The SMILES string of the molecule is CCOC(=O)C1CCCN(C(=NC)NCc2cccc(-n3cccn3)c2)C1. The Morgan fingerprint density at radius 2 is 2.30 bits per heavy atom. The summed E-state index contributed by atoms with van der Waals surface area (Å²) in [6.07, 6.45) is 5.52. The highest BCUT2D eigenvalue weighted by Crippen LogP contribution is 2.18. The summed E-state index contributed by atoms with van der Waals surface area (Å²) in [4.78, 5) is 18.6. The number of nitrogens with one attached hydrogen (secondary N) is 1. The van der Waals surface area contributed by atoms with E-state index in [-0.39, 0.29) is 11.9 Å². The van der Waals surface area contributed by atoms with Crippen molar-refractivity contribution in [2.45, 2.75) is 26.3 Å². The highest BCUT2D eigenvalue weighted by atomic mass is 16.5. The summed E-state index contributed by atoms with van der Waals surface area (Å²) in [5.74, 6) is 0.624. The van der Waals surface area contributed by atoms with Crippen LogP contribution >= 0.6 is 0 Å². The second-order valence-electron chi connectivity index (χ2n) is 6.56. The summed E-state index contributed by atoms with van der Waals surface area (Å²) in [5, 5.41) is 7.69. The van der Waals surface area contributed by atoms with Gasteiger partial charge in [0.05, 0.1) is 18.2 Å². The first kappa shape index (κ1) is 18.9. The number of carbonyl (C=O) groups is 1. The standard InChI is InChI=1S/C20H27N5O2/c1-3-27-19(26)17-8-5-11-24(15-17)20(21-2)22-14-16-7-4-9-18(13-16)25-12-6-10-23-25/h4,6-7,9-10,12-13,17H,3,5,8,11,14-15H2,1-2H3,(H,21,22). The van der Waals surface area contributed by atoms with Gasteiger partial charge >= 0.3 is 5.97 Å². The Hall–Kier alpha value is -2.83. The lowest BCUT2D eigenvalue weighted by Gasteiger charge is -2.34. The molecule has 1 N–H and O–H groups in total. The Morgan fingerprint density at radius 1 is 1.41 bits per heavy atom. The number of hydrogen-bond acceptors (Lipinski definition) is 4. The second kappa shape index (κ2) is 9.21. The maximum absolute atomic E-state index is 12.1. The molecule has 2 heterocycles. The van der Waals surface area contributed by atoms with Gasteiger partial charge in [-0.2, -0.15) is 5.10 Å². The maximum atomic E-state index is 12.1. The molecule has 1 aromatic carbocycles. The topological polar surface area (TPSA) is 71.8 Å². The number of esters is 1. The largest absolute Gasteiger partial charge is 0.466 e. The van der Waals surface area contributed by atoms with Gasteiger partial charge in [0.15, 0.2) is 5.96 Å². The number of aliphatic imine (C=N–C) groups is 1. The molecule has 0 radical (unpaired) electrons. The number of rotatable bonds is 5. The number of likely N-dealkylation sites (tertiary alicyclic amines) is 1. The molecule has 7 nitrogen and oxygen atoms in total. The first-order chi connectivity index (χ1) is 13.2. The molecule has 0 spiro atoms. The van der Waals surface area contributed by atoms with Gasteiger partial charge in [-0.25, -0.2) is 4.68 Å². The third kappa shape index (κ3) is 4.87. The lowest BCUT2D eigenvalue weighted by Crippen LogP contribution is -2.48. The van der Waals surface area contributed by atoms with Gasteiger partial charge in [0.1, 0.15) is 0 Å². The second-order valence-corrected chi connectivity index (χ2v) is 6.56. The van der Waals surface area contributed by atoms with E-state index in [1.165, 1.54) is 0 Å². The molecule has 0 bridgehead atoms. The van der Waals surface area contributed by atoms with Crippen LogP contribution in [0.2, 0.25) is 0 Å². The van der Waals surface area contributed by atoms with Crippen LogP contribution in [0.15, 0.2) is 47.7 Å². The van der Waals surface area contributed by atoms with Crippen LogP contribution < -0.4 is 5.32 Å². The smallest absolute Gasteiger partial charge is 0.310 e. The summed E-state index contributed by atoms with van der Waals surface area (Å²) < 4.78 is 7.03. The Labute approximate surface area is 160 Å². The van der Waals surface area contributed by atoms with Gasteiger partial charge < -0.3 is 15.0 Å². The third-order valence-electron chi connectivity index (χ3n) is 4.68. The number of carbonyl (C=O) groups excluding carboxylic acids is 1. The van der Waals surface area contributed by atoms with Gasteiger partial charge in [-0.15, -0.1) is 0 Å². The van der Waals surface area contributed by atoms with Crippen LogP contribution in [0.1, 0.15) is 25.3 Å². The van der Waals surface area contributed by atoms with Crippen molar-refractivity contribution in [2.75, 3.05) is 26.7 Å². The van der Waals surface area contributed by atoms with E-state index in [1.54, 1.807) is 13.2 Å². The Bertz CT molecular complexity index is 772. The van der Waals surface area contributed by atoms with E-state index < -0.39 is 0 Å². The van der Waals surface area contributed by atoms with Crippen LogP contribution in [0, 0.1) is 5.92 Å². The number of benzene rings is 1. The molecule has 1 aliphatic heterocycles. The minimum atomic E-state index is -0.107. The number of aromatic nitrogens is 2. The van der Waals surface area contributed by atoms with Gasteiger partial charge in [0.2, 0.25) is 0 Å². The van der Waals surface area contributed by atoms with Gasteiger partial charge in [-0.3, -0.25) is 9.79 Å². The maximum Gasteiger partial charge on any atom is 0.310 e. The molecule has 1 atom stereocenters. The van der Waals surface area contributed by atoms with E-state index in [9.17, 15) is 4.79 Å². The Kier molecular flexibility index (Phi) is 6.46. The van der Waals surface area contributed by atoms with Gasteiger partial charge in [-0.1, -0.05) is 12.1 Å². The zero-order chi connectivity index (χ0) is 19.1.